The van der Waals surface area contributed by atoms with Crippen molar-refractivity contribution in [2.75, 3.05) is 11.9 Å². The molecule has 0 bridgehead atoms. The Morgan fingerprint density at radius 2 is 1.88 bits per heavy atom. The van der Waals surface area contributed by atoms with Crippen molar-refractivity contribution in [3.63, 3.8) is 0 Å². The number of esters is 1. The van der Waals surface area contributed by atoms with Crippen LogP contribution in [-0.4, -0.2) is 28.5 Å². The first kappa shape index (κ1) is 22.2. The van der Waals surface area contributed by atoms with E-state index in [2.05, 4.69) is 15.3 Å². The molecule has 4 rings (SSSR count). The van der Waals surface area contributed by atoms with Gasteiger partial charge in [0.1, 0.15) is 5.69 Å². The number of H-pyrrole nitrogens is 1. The molecule has 168 valence electrons. The van der Waals surface area contributed by atoms with Crippen LogP contribution in [-0.2, 0) is 4.74 Å². The van der Waals surface area contributed by atoms with Gasteiger partial charge in [-0.25, -0.2) is 4.79 Å². The Bertz CT molecular complexity index is 1300. The molecule has 0 saturated carbocycles. The highest BCUT2D eigenvalue weighted by molar-refractivity contribution is 6.06. The first-order valence-electron chi connectivity index (χ1n) is 10.9. The minimum atomic E-state index is -0.392. The van der Waals surface area contributed by atoms with Gasteiger partial charge in [-0.15, -0.1) is 0 Å². The number of amides is 1. The molecule has 2 aromatic heterocycles. The van der Waals surface area contributed by atoms with E-state index in [1.807, 2.05) is 44.2 Å². The number of hydrogen-bond acceptors (Lipinski definition) is 5. The zero-order valence-corrected chi connectivity index (χ0v) is 18.6. The van der Waals surface area contributed by atoms with Gasteiger partial charge in [-0.2, -0.15) is 0 Å². The molecule has 2 heterocycles. The molecule has 0 aliphatic carbocycles. The number of carbonyl (C=O) groups is 2. The maximum absolute atomic E-state index is 12.9. The molecule has 7 heteroatoms. The number of fused-ring (bicyclic) bond motifs is 1. The van der Waals surface area contributed by atoms with Crippen molar-refractivity contribution in [2.45, 2.75) is 26.3 Å². The molecule has 0 aliphatic rings. The van der Waals surface area contributed by atoms with Crippen LogP contribution >= 0.6 is 0 Å². The average Bonchev–Trinajstić information content (AvgIpc) is 3.27. The zero-order chi connectivity index (χ0) is 23.4. The monoisotopic (exact) mass is 442 g/mol. The molecular weight excluding hydrogens is 416 g/mol. The molecule has 1 atom stereocenters. The summed E-state index contributed by atoms with van der Waals surface area (Å²) in [6.07, 6.45) is 4.00. The second kappa shape index (κ2) is 9.67. The zero-order valence-electron chi connectivity index (χ0n) is 18.6. The van der Waals surface area contributed by atoms with Gasteiger partial charge in [0.05, 0.1) is 6.61 Å². The number of nitrogens with two attached hydrogens (primary N) is 1. The van der Waals surface area contributed by atoms with Crippen LogP contribution in [0.4, 0.5) is 5.69 Å². The first-order chi connectivity index (χ1) is 16.0. The third-order valence-electron chi connectivity index (χ3n) is 5.36. The number of aromatic amines is 1. The second-order valence-electron chi connectivity index (χ2n) is 7.87. The molecular formula is C26H26N4O3. The summed E-state index contributed by atoms with van der Waals surface area (Å²) in [5.74, 6) is -0.624. The Morgan fingerprint density at radius 3 is 2.61 bits per heavy atom. The normalized spacial score (nSPS) is 11.8. The van der Waals surface area contributed by atoms with E-state index in [1.54, 1.807) is 36.7 Å². The van der Waals surface area contributed by atoms with Crippen molar-refractivity contribution >= 4 is 28.5 Å². The SMILES string of the molecule is CCCOC(=O)c1cc2c(-c3cc(C(=O)Nc4ccncc4)ccc3C(C)N)cccc2[nH]1. The topological polar surface area (TPSA) is 110 Å². The van der Waals surface area contributed by atoms with Crippen LogP contribution in [0.5, 0.6) is 0 Å². The lowest BCUT2D eigenvalue weighted by molar-refractivity contribution is 0.0499. The fraction of sp³-hybridized carbons (Fsp3) is 0.192. The molecule has 7 nitrogen and oxygen atoms in total. The van der Waals surface area contributed by atoms with Crippen molar-refractivity contribution in [3.05, 3.63) is 83.8 Å². The van der Waals surface area contributed by atoms with Crippen molar-refractivity contribution in [2.24, 2.45) is 5.73 Å². The summed E-state index contributed by atoms with van der Waals surface area (Å²) in [7, 11) is 0. The number of hydrogen-bond donors (Lipinski definition) is 3. The molecule has 4 N–H and O–H groups in total. The van der Waals surface area contributed by atoms with Gasteiger partial charge in [0.15, 0.2) is 0 Å². The van der Waals surface area contributed by atoms with E-state index < -0.39 is 5.97 Å². The number of pyridine rings is 1. The molecule has 0 fully saturated rings. The number of aromatic nitrogens is 2. The standard InChI is InChI=1S/C26H26N4O3/c1-3-13-33-26(32)24-15-22-20(5-4-6-23(22)30-24)21-14-17(7-8-19(21)16(2)27)25(31)29-18-9-11-28-12-10-18/h4-12,14-16,30H,3,13,27H2,1-2H3,(H,28,29,31). The van der Waals surface area contributed by atoms with Crippen molar-refractivity contribution in [3.8, 4) is 11.1 Å². The lowest BCUT2D eigenvalue weighted by Crippen LogP contribution is -2.13. The Kier molecular flexibility index (Phi) is 6.51. The number of nitrogens with zero attached hydrogens (tertiary/aromatic N) is 1. The van der Waals surface area contributed by atoms with Crippen LogP contribution in [0.2, 0.25) is 0 Å². The van der Waals surface area contributed by atoms with E-state index in [4.69, 9.17) is 10.5 Å². The summed E-state index contributed by atoms with van der Waals surface area (Å²) in [5.41, 5.74) is 11.2. The highest BCUT2D eigenvalue weighted by Crippen LogP contribution is 2.34. The summed E-state index contributed by atoms with van der Waals surface area (Å²) in [6.45, 7) is 4.22. The van der Waals surface area contributed by atoms with Crippen LogP contribution in [0.1, 0.15) is 52.7 Å². The van der Waals surface area contributed by atoms with Crippen LogP contribution in [0.3, 0.4) is 0 Å². The molecule has 33 heavy (non-hydrogen) atoms. The fourth-order valence-corrected chi connectivity index (χ4v) is 3.74. The molecule has 0 saturated heterocycles. The van der Waals surface area contributed by atoms with Gasteiger partial charge in [-0.3, -0.25) is 9.78 Å². The van der Waals surface area contributed by atoms with E-state index in [-0.39, 0.29) is 11.9 Å². The van der Waals surface area contributed by atoms with E-state index in [0.29, 0.717) is 23.6 Å². The molecule has 0 aliphatic heterocycles. The number of nitrogens with one attached hydrogen (secondary N) is 2. The Balaban J connectivity index is 1.77. The maximum atomic E-state index is 12.9. The summed E-state index contributed by atoms with van der Waals surface area (Å²) >= 11 is 0. The lowest BCUT2D eigenvalue weighted by Gasteiger charge is -2.16. The van der Waals surface area contributed by atoms with Gasteiger partial charge in [0.2, 0.25) is 0 Å². The van der Waals surface area contributed by atoms with Crippen molar-refractivity contribution in [1.82, 2.24) is 9.97 Å². The summed E-state index contributed by atoms with van der Waals surface area (Å²) in [5, 5.41) is 3.74. The van der Waals surface area contributed by atoms with E-state index in [9.17, 15) is 9.59 Å². The molecule has 2 aromatic carbocycles. The van der Waals surface area contributed by atoms with Crippen LogP contribution in [0.15, 0.2) is 67.0 Å². The molecule has 0 spiro atoms. The number of ether oxygens (including phenoxy) is 1. The first-order valence-corrected chi connectivity index (χ1v) is 10.9. The van der Waals surface area contributed by atoms with E-state index >= 15 is 0 Å². The third-order valence-corrected chi connectivity index (χ3v) is 5.36. The summed E-state index contributed by atoms with van der Waals surface area (Å²) in [4.78, 5) is 32.4. The minimum Gasteiger partial charge on any atom is -0.461 e. The van der Waals surface area contributed by atoms with Gasteiger partial charge in [-0.05, 0) is 66.4 Å². The van der Waals surface area contributed by atoms with Crippen LogP contribution in [0.25, 0.3) is 22.0 Å². The quantitative estimate of drug-likeness (QED) is 0.346. The number of carbonyl (C=O) groups excluding carboxylic acids is 2. The second-order valence-corrected chi connectivity index (χ2v) is 7.87. The molecule has 4 aromatic rings. The highest BCUT2D eigenvalue weighted by Gasteiger charge is 2.18. The molecule has 0 radical (unpaired) electrons. The van der Waals surface area contributed by atoms with Gasteiger partial charge in [-0.1, -0.05) is 25.1 Å². The van der Waals surface area contributed by atoms with Gasteiger partial charge in [0.25, 0.3) is 5.91 Å². The summed E-state index contributed by atoms with van der Waals surface area (Å²) < 4.78 is 5.27. The number of rotatable bonds is 7. The Morgan fingerprint density at radius 1 is 1.09 bits per heavy atom. The van der Waals surface area contributed by atoms with Crippen LogP contribution in [0, 0.1) is 0 Å². The highest BCUT2D eigenvalue weighted by atomic mass is 16.5. The van der Waals surface area contributed by atoms with Crippen LogP contribution < -0.4 is 11.1 Å². The molecule has 1 amide bonds. The van der Waals surface area contributed by atoms with Gasteiger partial charge < -0.3 is 20.8 Å². The van der Waals surface area contributed by atoms with Gasteiger partial charge in [0, 0.05) is 40.6 Å². The van der Waals surface area contributed by atoms with Crippen molar-refractivity contribution < 1.29 is 14.3 Å². The van der Waals surface area contributed by atoms with E-state index in [1.165, 1.54) is 0 Å². The Labute approximate surface area is 192 Å². The molecule has 1 unspecified atom stereocenters. The number of benzene rings is 2. The predicted molar refractivity (Wildman–Crippen MR) is 129 cm³/mol. The Hall–Kier alpha value is -3.97. The maximum Gasteiger partial charge on any atom is 0.354 e. The van der Waals surface area contributed by atoms with Gasteiger partial charge >= 0.3 is 5.97 Å². The minimum absolute atomic E-state index is 0.233. The fourth-order valence-electron chi connectivity index (χ4n) is 3.74. The predicted octanol–water partition coefficient (Wildman–Crippen LogP) is 5.07. The lowest BCUT2D eigenvalue weighted by atomic mass is 9.92. The van der Waals surface area contributed by atoms with Crippen molar-refractivity contribution in [1.29, 1.82) is 0 Å². The number of anilines is 1. The third kappa shape index (κ3) is 4.78. The smallest absolute Gasteiger partial charge is 0.354 e. The summed E-state index contributed by atoms with van der Waals surface area (Å²) in [6, 6.07) is 16.3. The van der Waals surface area contributed by atoms with E-state index in [0.717, 1.165) is 34.0 Å². The largest absolute Gasteiger partial charge is 0.461 e. The average molecular weight is 443 g/mol.